The van der Waals surface area contributed by atoms with Crippen LogP contribution in [-0.2, 0) is 17.8 Å². The van der Waals surface area contributed by atoms with Gasteiger partial charge in [0.25, 0.3) is 5.91 Å². The smallest absolute Gasteiger partial charge is 0.251 e. The van der Waals surface area contributed by atoms with Gasteiger partial charge in [-0.1, -0.05) is 45.0 Å². The third-order valence-electron chi connectivity index (χ3n) is 7.42. The summed E-state index contributed by atoms with van der Waals surface area (Å²) in [7, 11) is 0. The van der Waals surface area contributed by atoms with Gasteiger partial charge in [0.15, 0.2) is 5.96 Å². The molecule has 3 atom stereocenters. The third kappa shape index (κ3) is 4.18. The molecule has 1 heterocycles. The zero-order valence-corrected chi connectivity index (χ0v) is 19.7. The summed E-state index contributed by atoms with van der Waals surface area (Å²) in [5.74, 6) is -1.69. The van der Waals surface area contributed by atoms with Crippen LogP contribution < -0.4 is 10.6 Å². The van der Waals surface area contributed by atoms with Crippen molar-refractivity contribution < 1.29 is 19.1 Å². The van der Waals surface area contributed by atoms with Gasteiger partial charge in [0.2, 0.25) is 5.91 Å². The molecule has 1 aliphatic carbocycles. The highest BCUT2D eigenvalue weighted by Crippen LogP contribution is 2.33. The predicted octanol–water partition coefficient (Wildman–Crippen LogP) is 3.28. The second-order valence-corrected chi connectivity index (χ2v) is 9.25. The van der Waals surface area contributed by atoms with Crippen LogP contribution in [0.5, 0.6) is 0 Å². The first-order valence-corrected chi connectivity index (χ1v) is 11.7. The van der Waals surface area contributed by atoms with Gasteiger partial charge in [-0.25, -0.2) is 4.39 Å². The molecule has 4 N–H and O–H groups in total. The first kappa shape index (κ1) is 23.9. The van der Waals surface area contributed by atoms with Crippen LogP contribution in [0.25, 0.3) is 0 Å². The molecule has 1 saturated heterocycles. The van der Waals surface area contributed by atoms with Crippen LogP contribution >= 0.6 is 0 Å². The van der Waals surface area contributed by atoms with Crippen molar-refractivity contribution in [1.29, 1.82) is 5.41 Å². The van der Waals surface area contributed by atoms with Gasteiger partial charge < -0.3 is 15.7 Å². The average molecular weight is 467 g/mol. The van der Waals surface area contributed by atoms with Crippen LogP contribution in [0.15, 0.2) is 42.5 Å². The molecule has 4 rings (SSSR count). The van der Waals surface area contributed by atoms with E-state index >= 15 is 0 Å². The number of aliphatic hydroxyl groups excluding tert-OH is 1. The quantitative estimate of drug-likeness (QED) is 0.524. The summed E-state index contributed by atoms with van der Waals surface area (Å²) in [6.45, 7) is 5.79. The van der Waals surface area contributed by atoms with E-state index in [4.69, 9.17) is 5.41 Å². The van der Waals surface area contributed by atoms with Crippen molar-refractivity contribution in [1.82, 2.24) is 15.5 Å². The lowest BCUT2D eigenvalue weighted by molar-refractivity contribution is -0.136. The van der Waals surface area contributed by atoms with Gasteiger partial charge in [-0.05, 0) is 47.7 Å². The summed E-state index contributed by atoms with van der Waals surface area (Å²) >= 11 is 0. The Kier molecular flexibility index (Phi) is 6.45. The zero-order chi connectivity index (χ0) is 24.6. The number of amides is 2. The largest absolute Gasteiger partial charge is 0.390 e. The fourth-order valence-corrected chi connectivity index (χ4v) is 5.22. The number of halogens is 1. The van der Waals surface area contributed by atoms with Crippen molar-refractivity contribution in [3.8, 4) is 0 Å². The van der Waals surface area contributed by atoms with Crippen molar-refractivity contribution in [3.05, 3.63) is 70.5 Å². The Bertz CT molecular complexity index is 1130. The molecule has 0 spiro atoms. The maximum Gasteiger partial charge on any atom is 0.251 e. The highest BCUT2D eigenvalue weighted by molar-refractivity contribution is 6.00. The molecular weight excluding hydrogens is 435 g/mol. The molecule has 2 unspecified atom stereocenters. The number of aliphatic hydroxyl groups is 1. The van der Waals surface area contributed by atoms with E-state index in [2.05, 4.69) is 10.6 Å². The number of hydrogen-bond acceptors (Lipinski definition) is 4. The minimum absolute atomic E-state index is 0.0206. The summed E-state index contributed by atoms with van der Waals surface area (Å²) in [6.07, 6.45) is 1.09. The second kappa shape index (κ2) is 9.18. The zero-order valence-electron chi connectivity index (χ0n) is 19.7. The molecule has 34 heavy (non-hydrogen) atoms. The van der Waals surface area contributed by atoms with Crippen LogP contribution in [0.2, 0.25) is 0 Å². The van der Waals surface area contributed by atoms with E-state index in [-0.39, 0.29) is 29.9 Å². The summed E-state index contributed by atoms with van der Waals surface area (Å²) in [5.41, 5.74) is 1.85. The normalized spacial score (nSPS) is 23.4. The second-order valence-electron chi connectivity index (χ2n) is 9.25. The van der Waals surface area contributed by atoms with Crippen molar-refractivity contribution >= 4 is 17.8 Å². The Morgan fingerprint density at radius 1 is 1.26 bits per heavy atom. The number of nitrogens with zero attached hydrogens (tertiary/aromatic N) is 1. The van der Waals surface area contributed by atoms with E-state index in [9.17, 15) is 19.1 Å². The van der Waals surface area contributed by atoms with Crippen molar-refractivity contribution in [2.24, 2.45) is 5.92 Å². The highest BCUT2D eigenvalue weighted by atomic mass is 19.1. The summed E-state index contributed by atoms with van der Waals surface area (Å²) in [4.78, 5) is 27.4. The van der Waals surface area contributed by atoms with Gasteiger partial charge in [-0.15, -0.1) is 0 Å². The van der Waals surface area contributed by atoms with Crippen molar-refractivity contribution in [3.63, 3.8) is 0 Å². The number of hydrogen-bond donors (Lipinski definition) is 4. The van der Waals surface area contributed by atoms with E-state index in [1.807, 2.05) is 45.0 Å². The molecule has 180 valence electrons. The molecule has 1 fully saturated rings. The molecule has 2 aromatic rings. The molecule has 0 saturated carbocycles. The highest BCUT2D eigenvalue weighted by Gasteiger charge is 2.45. The molecule has 0 radical (unpaired) electrons. The number of nitrogens with one attached hydrogen (secondary N) is 3. The van der Waals surface area contributed by atoms with Gasteiger partial charge in [0, 0.05) is 12.0 Å². The fourth-order valence-electron chi connectivity index (χ4n) is 5.22. The minimum atomic E-state index is -0.759. The average Bonchev–Trinajstić information content (AvgIpc) is 3.13. The number of benzene rings is 2. The van der Waals surface area contributed by atoms with Crippen LogP contribution in [0.4, 0.5) is 4.39 Å². The van der Waals surface area contributed by atoms with Gasteiger partial charge >= 0.3 is 0 Å². The van der Waals surface area contributed by atoms with E-state index in [0.717, 1.165) is 17.2 Å². The Hall–Kier alpha value is -3.26. The van der Waals surface area contributed by atoms with Gasteiger partial charge in [0.1, 0.15) is 5.82 Å². The Morgan fingerprint density at radius 3 is 2.68 bits per heavy atom. The van der Waals surface area contributed by atoms with Gasteiger partial charge in [-0.2, -0.15) is 0 Å². The van der Waals surface area contributed by atoms with Crippen LogP contribution in [0.1, 0.15) is 66.7 Å². The Labute approximate surface area is 198 Å². The number of carbonyl (C=O) groups is 2. The lowest BCUT2D eigenvalue weighted by atomic mass is 9.78. The molecule has 8 heteroatoms. The first-order chi connectivity index (χ1) is 16.2. The summed E-state index contributed by atoms with van der Waals surface area (Å²) < 4.78 is 14.5. The van der Waals surface area contributed by atoms with Crippen molar-refractivity contribution in [2.45, 2.75) is 64.3 Å². The molecule has 0 aromatic heterocycles. The van der Waals surface area contributed by atoms with Crippen LogP contribution in [0, 0.1) is 17.1 Å². The molecule has 7 nitrogen and oxygen atoms in total. The summed E-state index contributed by atoms with van der Waals surface area (Å²) in [6, 6.07) is 10.9. The Balaban J connectivity index is 1.53. The number of rotatable bonds is 6. The Morgan fingerprint density at radius 2 is 1.97 bits per heavy atom. The van der Waals surface area contributed by atoms with Gasteiger partial charge in [-0.3, -0.25) is 19.9 Å². The lowest BCUT2D eigenvalue weighted by Crippen LogP contribution is -2.66. The van der Waals surface area contributed by atoms with Crippen molar-refractivity contribution in [2.75, 3.05) is 0 Å². The number of carbonyl (C=O) groups excluding carboxylic acids is 2. The molecule has 2 aliphatic rings. The van der Waals surface area contributed by atoms with Crippen LogP contribution in [0.3, 0.4) is 0 Å². The van der Waals surface area contributed by atoms with E-state index in [1.54, 1.807) is 0 Å². The topological polar surface area (TPSA) is 106 Å². The van der Waals surface area contributed by atoms with E-state index in [1.165, 1.54) is 17.0 Å². The molecule has 0 bridgehead atoms. The third-order valence-corrected chi connectivity index (χ3v) is 7.42. The maximum atomic E-state index is 14.5. The first-order valence-electron chi connectivity index (χ1n) is 11.7. The minimum Gasteiger partial charge on any atom is -0.390 e. The lowest BCUT2D eigenvalue weighted by Gasteiger charge is -2.46. The van der Waals surface area contributed by atoms with E-state index < -0.39 is 29.4 Å². The van der Waals surface area contributed by atoms with Gasteiger partial charge in [0.05, 0.1) is 30.1 Å². The maximum absolute atomic E-state index is 14.5. The summed E-state index contributed by atoms with van der Waals surface area (Å²) in [5, 5.41) is 24.8. The van der Waals surface area contributed by atoms with E-state index in [0.29, 0.717) is 24.8 Å². The number of guanidine groups is 1. The molecule has 1 aliphatic heterocycles. The molecule has 2 amide bonds. The van der Waals surface area contributed by atoms with Crippen LogP contribution in [-0.4, -0.2) is 39.4 Å². The molecular formula is C26H31FN4O3. The SMILES string of the molecule is CCC1(CC)NC(=N)N(Cc2cc(F)cc(C(=O)NC3c4ccccc4C[C@H]3O)c2)C(=O)C1C. The standard InChI is InChI=1S/C26H31FN4O3/c1-4-26(5-2)15(3)24(34)31(25(28)30-26)14-16-10-18(12-19(27)11-16)23(33)29-22-20-9-7-6-8-17(20)13-21(22)32/h6-12,15,21-22,32H,4-5,13-14H2,1-3H3,(H2,28,30)(H,29,33)/t15?,21-,22?/m1/s1. The molecule has 2 aromatic carbocycles. The predicted molar refractivity (Wildman–Crippen MR) is 127 cm³/mol. The fraction of sp³-hybridized carbons (Fsp3) is 0.423. The monoisotopic (exact) mass is 466 g/mol. The number of fused-ring (bicyclic) bond motifs is 1.